The Hall–Kier alpha value is -0.380. The highest BCUT2D eigenvalue weighted by Gasteiger charge is 2.20. The van der Waals surface area contributed by atoms with Crippen LogP contribution in [0.2, 0.25) is 0 Å². The summed E-state index contributed by atoms with van der Waals surface area (Å²) in [7, 11) is 0. The third-order valence-electron chi connectivity index (χ3n) is 3.08. The molecule has 0 saturated carbocycles. The van der Waals surface area contributed by atoms with Crippen LogP contribution in [0.3, 0.4) is 0 Å². The number of rotatable bonds is 10. The highest BCUT2D eigenvalue weighted by Crippen LogP contribution is 2.09. The lowest BCUT2D eigenvalue weighted by molar-refractivity contribution is 0.0264. The Balaban J connectivity index is 0. The average Bonchev–Trinajstić information content (AvgIpc) is 2.49. The predicted molar refractivity (Wildman–Crippen MR) is 120 cm³/mol. The molecule has 8 heteroatoms. The number of guanidine groups is 1. The minimum absolute atomic E-state index is 0. The number of carbonyl (C=O) groups is 1. The van der Waals surface area contributed by atoms with Gasteiger partial charge in [0.15, 0.2) is 5.96 Å². The van der Waals surface area contributed by atoms with E-state index in [9.17, 15) is 4.79 Å². The number of ether oxygens (including phenoxy) is 1. The first kappa shape index (κ1) is 26.8. The van der Waals surface area contributed by atoms with Gasteiger partial charge in [0, 0.05) is 32.7 Å². The number of unbranched alkanes of at least 4 members (excludes halogenated alkanes) is 1. The summed E-state index contributed by atoms with van der Waals surface area (Å²) in [5.41, 5.74) is -0.467. The van der Waals surface area contributed by atoms with E-state index >= 15 is 0 Å². The number of hydrogen-bond acceptors (Lipinski definition) is 4. The molecule has 0 aromatic heterocycles. The molecule has 0 aliphatic heterocycles. The Bertz CT molecular complexity index is 376. The van der Waals surface area contributed by atoms with Crippen molar-refractivity contribution in [3.63, 3.8) is 0 Å². The Morgan fingerprint density at radius 1 is 1.20 bits per heavy atom. The van der Waals surface area contributed by atoms with Gasteiger partial charge >= 0.3 is 6.09 Å². The summed E-state index contributed by atoms with van der Waals surface area (Å²) in [6.45, 7) is 13.1. The molecule has 0 rings (SSSR count). The van der Waals surface area contributed by atoms with Crippen molar-refractivity contribution in [3.8, 4) is 0 Å². The van der Waals surface area contributed by atoms with E-state index in [0.717, 1.165) is 25.5 Å². The highest BCUT2D eigenvalue weighted by molar-refractivity contribution is 14.0. The average molecular weight is 488 g/mol. The number of aliphatic imine (C=N–C) groups is 1. The molecule has 0 saturated heterocycles. The Morgan fingerprint density at radius 2 is 1.88 bits per heavy atom. The van der Waals surface area contributed by atoms with Crippen LogP contribution in [0.4, 0.5) is 4.79 Å². The first-order chi connectivity index (χ1) is 11.3. The maximum atomic E-state index is 12.1. The van der Waals surface area contributed by atoms with Crippen molar-refractivity contribution in [2.45, 2.75) is 53.1 Å². The van der Waals surface area contributed by atoms with E-state index in [1.807, 2.05) is 46.4 Å². The molecular formula is C17H37IN4O2S. The molecule has 0 aromatic rings. The lowest BCUT2D eigenvalue weighted by Crippen LogP contribution is -2.44. The van der Waals surface area contributed by atoms with E-state index in [2.05, 4.69) is 21.9 Å². The second kappa shape index (κ2) is 15.8. The summed E-state index contributed by atoms with van der Waals surface area (Å²) >= 11 is 1.87. The third-order valence-corrected chi connectivity index (χ3v) is 3.78. The fourth-order valence-corrected chi connectivity index (χ4v) is 2.40. The molecule has 0 radical (unpaired) electrons. The molecule has 0 aliphatic rings. The third kappa shape index (κ3) is 15.6. The number of amides is 1. The molecule has 0 atom stereocenters. The van der Waals surface area contributed by atoms with Gasteiger partial charge in [-0.05, 0) is 59.5 Å². The lowest BCUT2D eigenvalue weighted by Gasteiger charge is -2.26. The van der Waals surface area contributed by atoms with Gasteiger partial charge in [-0.3, -0.25) is 4.99 Å². The zero-order valence-electron chi connectivity index (χ0n) is 16.7. The molecule has 0 fully saturated rings. The zero-order chi connectivity index (χ0) is 18.4. The molecule has 150 valence electrons. The zero-order valence-corrected chi connectivity index (χ0v) is 19.8. The molecule has 2 N–H and O–H groups in total. The van der Waals surface area contributed by atoms with E-state index < -0.39 is 5.60 Å². The minimum Gasteiger partial charge on any atom is -0.444 e. The van der Waals surface area contributed by atoms with Crippen LogP contribution >= 0.6 is 35.7 Å². The second-order valence-corrected chi connectivity index (χ2v) is 7.43. The Morgan fingerprint density at radius 3 is 2.40 bits per heavy atom. The van der Waals surface area contributed by atoms with Crippen LogP contribution in [0.15, 0.2) is 4.99 Å². The van der Waals surface area contributed by atoms with Gasteiger partial charge in [0.05, 0.1) is 0 Å². The van der Waals surface area contributed by atoms with Crippen LogP contribution in [0.1, 0.15) is 47.5 Å². The van der Waals surface area contributed by atoms with Gasteiger partial charge in [-0.1, -0.05) is 0 Å². The summed E-state index contributed by atoms with van der Waals surface area (Å²) in [5.74, 6) is 1.99. The van der Waals surface area contributed by atoms with E-state index in [1.54, 1.807) is 4.90 Å². The van der Waals surface area contributed by atoms with Crippen molar-refractivity contribution in [1.29, 1.82) is 0 Å². The fourth-order valence-electron chi connectivity index (χ4n) is 1.91. The van der Waals surface area contributed by atoms with Gasteiger partial charge in [0.2, 0.25) is 0 Å². The van der Waals surface area contributed by atoms with Crippen LogP contribution in [-0.2, 0) is 4.74 Å². The second-order valence-electron chi connectivity index (χ2n) is 6.45. The van der Waals surface area contributed by atoms with Gasteiger partial charge in [0.1, 0.15) is 5.60 Å². The summed E-state index contributed by atoms with van der Waals surface area (Å²) in [4.78, 5) is 18.3. The van der Waals surface area contributed by atoms with Crippen molar-refractivity contribution in [1.82, 2.24) is 15.5 Å². The standard InChI is InChI=1S/C17H36N4O2S.HI/c1-7-18-15(19-11-9-10-14-24-6)20-12-13-21(8-2)16(22)23-17(3,4)5;/h7-14H2,1-6H3,(H2,18,19,20);1H. The molecule has 6 nitrogen and oxygen atoms in total. The van der Waals surface area contributed by atoms with Crippen molar-refractivity contribution in [2.24, 2.45) is 4.99 Å². The normalized spacial score (nSPS) is 11.5. The largest absolute Gasteiger partial charge is 0.444 e. The van der Waals surface area contributed by atoms with Crippen LogP contribution in [0.5, 0.6) is 0 Å². The number of likely N-dealkylation sites (N-methyl/N-ethyl adjacent to an activating group) is 1. The monoisotopic (exact) mass is 488 g/mol. The van der Waals surface area contributed by atoms with Crippen LogP contribution < -0.4 is 10.6 Å². The first-order valence-corrected chi connectivity index (χ1v) is 10.2. The number of hydrogen-bond donors (Lipinski definition) is 2. The molecule has 1 amide bonds. The molecule has 0 heterocycles. The molecular weight excluding hydrogens is 451 g/mol. The quantitative estimate of drug-likeness (QED) is 0.213. The molecule has 25 heavy (non-hydrogen) atoms. The number of nitrogens with one attached hydrogen (secondary N) is 2. The van der Waals surface area contributed by atoms with Crippen molar-refractivity contribution < 1.29 is 9.53 Å². The van der Waals surface area contributed by atoms with E-state index in [4.69, 9.17) is 4.74 Å². The predicted octanol–water partition coefficient (Wildman–Crippen LogP) is 3.56. The van der Waals surface area contributed by atoms with Crippen molar-refractivity contribution in [3.05, 3.63) is 0 Å². The number of thioether (sulfide) groups is 1. The topological polar surface area (TPSA) is 66.0 Å². The molecule has 0 spiro atoms. The smallest absolute Gasteiger partial charge is 0.410 e. The van der Waals surface area contributed by atoms with Gasteiger partial charge in [-0.15, -0.1) is 24.0 Å². The summed E-state index contributed by atoms with van der Waals surface area (Å²) in [6.07, 6.45) is 4.13. The first-order valence-electron chi connectivity index (χ1n) is 8.83. The number of nitrogens with zero attached hydrogens (tertiary/aromatic N) is 2. The van der Waals surface area contributed by atoms with Crippen LogP contribution in [-0.4, -0.2) is 67.3 Å². The van der Waals surface area contributed by atoms with Crippen LogP contribution in [0.25, 0.3) is 0 Å². The van der Waals surface area contributed by atoms with Gasteiger partial charge in [-0.2, -0.15) is 11.8 Å². The SMILES string of the molecule is CCNC(=NCCCCSC)NCCN(CC)C(=O)OC(C)(C)C.I. The maximum absolute atomic E-state index is 12.1. The van der Waals surface area contributed by atoms with E-state index in [1.165, 1.54) is 12.2 Å². The molecule has 0 unspecified atom stereocenters. The summed E-state index contributed by atoms with van der Waals surface area (Å²) < 4.78 is 5.41. The lowest BCUT2D eigenvalue weighted by atomic mass is 10.2. The molecule has 0 bridgehead atoms. The molecule has 0 aliphatic carbocycles. The minimum atomic E-state index is -0.467. The summed E-state index contributed by atoms with van der Waals surface area (Å²) in [6, 6.07) is 0. The van der Waals surface area contributed by atoms with Gasteiger partial charge in [0.25, 0.3) is 0 Å². The highest BCUT2D eigenvalue weighted by atomic mass is 127. The number of carbonyl (C=O) groups excluding carboxylic acids is 1. The van der Waals surface area contributed by atoms with E-state index in [-0.39, 0.29) is 30.1 Å². The number of halogens is 1. The fraction of sp³-hybridized carbons (Fsp3) is 0.882. The van der Waals surface area contributed by atoms with Gasteiger partial charge < -0.3 is 20.3 Å². The summed E-state index contributed by atoms with van der Waals surface area (Å²) in [5, 5.41) is 6.51. The Labute approximate surface area is 175 Å². The van der Waals surface area contributed by atoms with E-state index in [0.29, 0.717) is 19.6 Å². The maximum Gasteiger partial charge on any atom is 0.410 e. The molecule has 0 aromatic carbocycles. The van der Waals surface area contributed by atoms with Gasteiger partial charge in [-0.25, -0.2) is 4.79 Å². The van der Waals surface area contributed by atoms with Crippen molar-refractivity contribution in [2.75, 3.05) is 44.7 Å². The van der Waals surface area contributed by atoms with Crippen molar-refractivity contribution >= 4 is 47.8 Å². The Kier molecular flexibility index (Phi) is 17.0. The van der Waals surface area contributed by atoms with Crippen LogP contribution in [0, 0.1) is 0 Å².